The van der Waals surface area contributed by atoms with Crippen LogP contribution in [-0.2, 0) is 4.74 Å². The van der Waals surface area contributed by atoms with Gasteiger partial charge in [-0.3, -0.25) is 0 Å². The maximum absolute atomic E-state index is 12.9. The Morgan fingerprint density at radius 1 is 0.541 bits per heavy atom. The molecular weight excluding hydrogens is 809 g/mol. The number of anilines is 6. The first-order valence-electron chi connectivity index (χ1n) is 19.7. The van der Waals surface area contributed by atoms with E-state index in [2.05, 4.69) is 49.8 Å². The van der Waals surface area contributed by atoms with Gasteiger partial charge in [-0.15, -0.1) is 0 Å². The predicted molar refractivity (Wildman–Crippen MR) is 219 cm³/mol. The minimum Gasteiger partial charge on any atom is -0.384 e. The Kier molecular flexibility index (Phi) is 12.8. The van der Waals surface area contributed by atoms with Gasteiger partial charge in [0.1, 0.15) is 53.0 Å². The van der Waals surface area contributed by atoms with Gasteiger partial charge in [0.2, 0.25) is 0 Å². The maximum Gasteiger partial charge on any atom is 0.393 e. The van der Waals surface area contributed by atoms with Gasteiger partial charge in [0.15, 0.2) is 17.5 Å². The molecule has 6 aromatic rings. The molecule has 9 rings (SSSR count). The third-order valence-corrected chi connectivity index (χ3v) is 10.9. The lowest BCUT2D eigenvalue weighted by Gasteiger charge is -2.34. The number of nitrogens with two attached hydrogens (primary N) is 3. The average molecular weight is 854 g/mol. The van der Waals surface area contributed by atoms with Gasteiger partial charge < -0.3 is 36.6 Å². The zero-order valence-electron chi connectivity index (χ0n) is 33.2. The summed E-state index contributed by atoms with van der Waals surface area (Å²) in [4.78, 5) is 42.7. The summed E-state index contributed by atoms with van der Waals surface area (Å²) in [6, 6.07) is 10.7. The van der Waals surface area contributed by atoms with E-state index in [1.807, 2.05) is 12.1 Å². The van der Waals surface area contributed by atoms with Crippen LogP contribution in [0.1, 0.15) is 32.1 Å². The fourth-order valence-corrected chi connectivity index (χ4v) is 7.71. The van der Waals surface area contributed by atoms with E-state index in [0.717, 1.165) is 37.5 Å². The Morgan fingerprint density at radius 2 is 0.934 bits per heavy atom. The van der Waals surface area contributed by atoms with Crippen LogP contribution in [0.15, 0.2) is 55.4 Å². The van der Waals surface area contributed by atoms with Crippen LogP contribution in [0.25, 0.3) is 33.1 Å². The average Bonchev–Trinajstić information content (AvgIpc) is 3.76. The number of rotatable bonds is 5. The number of hydrogen-bond donors (Lipinski definition) is 3. The molecule has 6 aromatic heterocycles. The van der Waals surface area contributed by atoms with Gasteiger partial charge in [0.25, 0.3) is 0 Å². The second-order valence-electron chi connectivity index (χ2n) is 15.1. The van der Waals surface area contributed by atoms with Crippen molar-refractivity contribution in [2.75, 3.05) is 84.9 Å². The largest absolute Gasteiger partial charge is 0.393 e. The number of aromatic nitrogens is 9. The first-order valence-corrected chi connectivity index (χ1v) is 19.7. The molecule has 3 unspecified atom stereocenters. The van der Waals surface area contributed by atoms with Crippen LogP contribution in [0.4, 0.5) is 61.2 Å². The van der Waals surface area contributed by atoms with Crippen LogP contribution in [0.3, 0.4) is 0 Å². The van der Waals surface area contributed by atoms with Crippen molar-refractivity contribution in [3.05, 3.63) is 55.4 Å². The number of piperidine rings is 2. The molecular formula is C39H45F6N15O. The standard InChI is InChI=1S/C14H19N5O.C13H14F3N5.C12H12F3N5/c1-20-8-10-3-2-6-19(7-10)12-5-4-11-13(18-12)14(15)17-9-16-11;14-13(15,16)8-2-1-5-21(6-8)10-4-3-9-11(20-10)12(17)19-7-18-9;13-12(14,15)7-3-4-20(5-7)9-2-1-8-10(19-9)11(16)18-6-17-8/h4-5,9-10H,2-3,6-8H2,1H3,(H2,15,16,17);3-4,7-8H,1-2,5-6H2,(H2,17,18,19);1-2,6-7H,3-5H2,(H2,16,17,18). The molecule has 61 heavy (non-hydrogen) atoms. The Labute approximate surface area is 346 Å². The van der Waals surface area contributed by atoms with Crippen LogP contribution in [-0.4, -0.2) is 110 Å². The summed E-state index contributed by atoms with van der Waals surface area (Å²) in [6.45, 7) is 3.53. The number of halogens is 6. The smallest absolute Gasteiger partial charge is 0.384 e. The lowest BCUT2D eigenvalue weighted by molar-refractivity contribution is -0.176. The molecule has 0 aliphatic carbocycles. The summed E-state index contributed by atoms with van der Waals surface area (Å²) in [7, 11) is 1.76. The van der Waals surface area contributed by atoms with Crippen molar-refractivity contribution in [2.45, 2.75) is 44.5 Å². The van der Waals surface area contributed by atoms with E-state index >= 15 is 0 Å². The van der Waals surface area contributed by atoms with E-state index in [-0.39, 0.29) is 37.6 Å². The zero-order valence-corrected chi connectivity index (χ0v) is 33.2. The summed E-state index contributed by atoms with van der Waals surface area (Å²) in [6.07, 6.45) is -1.08. The van der Waals surface area contributed by atoms with Crippen molar-refractivity contribution < 1.29 is 31.1 Å². The highest BCUT2D eigenvalue weighted by atomic mass is 19.4. The Balaban J connectivity index is 0.000000138. The predicted octanol–water partition coefficient (Wildman–Crippen LogP) is 5.85. The van der Waals surface area contributed by atoms with E-state index in [1.54, 1.807) is 41.2 Å². The molecule has 0 aromatic carbocycles. The molecule has 3 saturated heterocycles. The van der Waals surface area contributed by atoms with Gasteiger partial charge in [-0.2, -0.15) is 26.3 Å². The van der Waals surface area contributed by atoms with Crippen molar-refractivity contribution in [2.24, 2.45) is 17.8 Å². The number of nitrogens with zero attached hydrogens (tertiary/aromatic N) is 12. The van der Waals surface area contributed by atoms with E-state index in [4.69, 9.17) is 21.9 Å². The molecule has 3 atom stereocenters. The molecule has 3 aliphatic rings. The highest BCUT2D eigenvalue weighted by Crippen LogP contribution is 2.36. The molecule has 3 aliphatic heterocycles. The SMILES string of the molecule is COCC1CCCN(c2ccc3ncnc(N)c3n2)C1.Nc1ncnc2ccc(N3CCC(C(F)(F)F)C3)nc12.Nc1ncnc2ccc(N3CCCC(C(F)(F)F)C3)nc12. The van der Waals surface area contributed by atoms with Crippen LogP contribution in [0.5, 0.6) is 0 Å². The summed E-state index contributed by atoms with van der Waals surface area (Å²) < 4.78 is 81.9. The Hall–Kier alpha value is -6.19. The van der Waals surface area contributed by atoms with E-state index in [1.165, 1.54) is 25.4 Å². The molecule has 0 bridgehead atoms. The number of ether oxygens (including phenoxy) is 1. The van der Waals surface area contributed by atoms with Crippen LogP contribution >= 0.6 is 0 Å². The third-order valence-electron chi connectivity index (χ3n) is 10.9. The molecule has 324 valence electrons. The quantitative estimate of drug-likeness (QED) is 0.174. The Bertz CT molecular complexity index is 2440. The molecule has 16 nitrogen and oxygen atoms in total. The van der Waals surface area contributed by atoms with Crippen molar-refractivity contribution in [3.63, 3.8) is 0 Å². The summed E-state index contributed by atoms with van der Waals surface area (Å²) >= 11 is 0. The van der Waals surface area contributed by atoms with Gasteiger partial charge in [-0.25, -0.2) is 44.9 Å². The minimum absolute atomic E-state index is 0.0738. The first kappa shape index (κ1) is 42.9. The van der Waals surface area contributed by atoms with Gasteiger partial charge in [-0.05, 0) is 74.4 Å². The van der Waals surface area contributed by atoms with Gasteiger partial charge in [0, 0.05) is 46.4 Å². The number of alkyl halides is 6. The van der Waals surface area contributed by atoms with Gasteiger partial charge >= 0.3 is 12.4 Å². The molecule has 0 amide bonds. The minimum atomic E-state index is -4.17. The molecule has 0 spiro atoms. The monoisotopic (exact) mass is 853 g/mol. The molecule has 9 heterocycles. The number of nitrogen functional groups attached to an aromatic ring is 3. The van der Waals surface area contributed by atoms with Crippen molar-refractivity contribution in [1.29, 1.82) is 0 Å². The highest BCUT2D eigenvalue weighted by molar-refractivity contribution is 5.86. The summed E-state index contributed by atoms with van der Waals surface area (Å²) in [5.74, 6) is 0.744. The van der Waals surface area contributed by atoms with Crippen LogP contribution in [0.2, 0.25) is 0 Å². The molecule has 3 fully saturated rings. The third kappa shape index (κ3) is 10.2. The second kappa shape index (κ2) is 18.2. The fourth-order valence-electron chi connectivity index (χ4n) is 7.71. The molecule has 0 saturated carbocycles. The number of hydrogen-bond acceptors (Lipinski definition) is 16. The van der Waals surface area contributed by atoms with Crippen LogP contribution < -0.4 is 31.9 Å². The number of methoxy groups -OCH3 is 1. The van der Waals surface area contributed by atoms with Crippen molar-refractivity contribution in [1.82, 2.24) is 44.9 Å². The fraction of sp³-hybridized carbons (Fsp3) is 0.462. The summed E-state index contributed by atoms with van der Waals surface area (Å²) in [5, 5.41) is 0. The van der Waals surface area contributed by atoms with Gasteiger partial charge in [0.05, 0.1) is 35.0 Å². The lowest BCUT2D eigenvalue weighted by atomic mass is 9.97. The van der Waals surface area contributed by atoms with Crippen LogP contribution in [0, 0.1) is 17.8 Å². The molecule has 22 heteroatoms. The second-order valence-corrected chi connectivity index (χ2v) is 15.1. The van der Waals surface area contributed by atoms with E-state index in [9.17, 15) is 26.3 Å². The topological polar surface area (TPSA) is 213 Å². The number of fused-ring (bicyclic) bond motifs is 3. The first-order chi connectivity index (χ1) is 29.2. The van der Waals surface area contributed by atoms with Crippen molar-refractivity contribution in [3.8, 4) is 0 Å². The van der Waals surface area contributed by atoms with Crippen molar-refractivity contribution >= 4 is 68.0 Å². The van der Waals surface area contributed by atoms with E-state index in [0.29, 0.717) is 70.5 Å². The molecule has 6 N–H and O–H groups in total. The summed E-state index contributed by atoms with van der Waals surface area (Å²) in [5.41, 5.74) is 20.8. The zero-order chi connectivity index (χ0) is 43.3. The van der Waals surface area contributed by atoms with E-state index < -0.39 is 24.2 Å². The van der Waals surface area contributed by atoms with Gasteiger partial charge in [-0.1, -0.05) is 0 Å². The lowest BCUT2D eigenvalue weighted by Crippen LogP contribution is -2.42. The highest BCUT2D eigenvalue weighted by Gasteiger charge is 2.44. The normalized spacial score (nSPS) is 19.7. The number of pyridine rings is 3. The maximum atomic E-state index is 12.9. The molecule has 0 radical (unpaired) electrons. The Morgan fingerprint density at radius 3 is 1.34 bits per heavy atom.